The summed E-state index contributed by atoms with van der Waals surface area (Å²) in [5, 5.41) is 3.24. The van der Waals surface area contributed by atoms with E-state index in [4.69, 9.17) is 4.74 Å². The minimum Gasteiger partial charge on any atom is -0.445 e. The van der Waals surface area contributed by atoms with Gasteiger partial charge in [0.1, 0.15) is 12.4 Å². The highest BCUT2D eigenvalue weighted by Crippen LogP contribution is 2.16. The van der Waals surface area contributed by atoms with E-state index in [1.807, 2.05) is 6.92 Å². The van der Waals surface area contributed by atoms with Crippen LogP contribution in [-0.2, 0) is 11.3 Å². The van der Waals surface area contributed by atoms with Gasteiger partial charge in [0.25, 0.3) is 0 Å². The quantitative estimate of drug-likeness (QED) is 0.908. The molecule has 1 amide bonds. The van der Waals surface area contributed by atoms with E-state index < -0.39 is 6.61 Å². The third-order valence-electron chi connectivity index (χ3n) is 3.57. The van der Waals surface area contributed by atoms with Gasteiger partial charge in [-0.2, -0.15) is 8.78 Å². The van der Waals surface area contributed by atoms with Crippen molar-refractivity contribution in [2.45, 2.75) is 32.6 Å². The first-order valence-electron chi connectivity index (χ1n) is 7.28. The maximum Gasteiger partial charge on any atom is 0.410 e. The molecule has 2 rings (SSSR count). The second-order valence-electron chi connectivity index (χ2n) is 5.04. The summed E-state index contributed by atoms with van der Waals surface area (Å²) in [6.07, 6.45) is 0.517. The van der Waals surface area contributed by atoms with Crippen molar-refractivity contribution in [3.63, 3.8) is 0 Å². The molecule has 22 heavy (non-hydrogen) atoms. The molecule has 0 aliphatic carbocycles. The molecular weight excluding hydrogens is 294 g/mol. The number of ether oxygens (including phenoxy) is 2. The van der Waals surface area contributed by atoms with Gasteiger partial charge in [-0.15, -0.1) is 0 Å². The van der Waals surface area contributed by atoms with Crippen molar-refractivity contribution in [2.75, 3.05) is 19.6 Å². The predicted molar refractivity (Wildman–Crippen MR) is 76.9 cm³/mol. The molecule has 5 nitrogen and oxygen atoms in total. The largest absolute Gasteiger partial charge is 0.445 e. The Morgan fingerprint density at radius 2 is 2.14 bits per heavy atom. The molecule has 0 saturated carbocycles. The van der Waals surface area contributed by atoms with Gasteiger partial charge in [-0.05, 0) is 24.1 Å². The summed E-state index contributed by atoms with van der Waals surface area (Å²) in [5.41, 5.74) is 0.721. The van der Waals surface area contributed by atoms with Crippen molar-refractivity contribution in [3.8, 4) is 5.75 Å². The van der Waals surface area contributed by atoms with E-state index in [0.29, 0.717) is 6.54 Å². The van der Waals surface area contributed by atoms with E-state index in [-0.39, 0.29) is 24.5 Å². The Balaban J connectivity index is 1.85. The smallest absolute Gasteiger partial charge is 0.410 e. The summed E-state index contributed by atoms with van der Waals surface area (Å²) in [7, 11) is 0. The van der Waals surface area contributed by atoms with Gasteiger partial charge in [-0.3, -0.25) is 0 Å². The number of benzene rings is 1. The van der Waals surface area contributed by atoms with Crippen LogP contribution in [0.4, 0.5) is 13.6 Å². The molecule has 1 aromatic carbocycles. The molecule has 7 heteroatoms. The van der Waals surface area contributed by atoms with Gasteiger partial charge in [0.15, 0.2) is 0 Å². The van der Waals surface area contributed by atoms with Gasteiger partial charge < -0.3 is 19.7 Å². The number of halogens is 2. The van der Waals surface area contributed by atoms with Crippen molar-refractivity contribution >= 4 is 6.09 Å². The first-order valence-corrected chi connectivity index (χ1v) is 7.28. The van der Waals surface area contributed by atoms with Gasteiger partial charge in [0.2, 0.25) is 0 Å². The molecule has 1 aromatic rings. The van der Waals surface area contributed by atoms with Crippen LogP contribution in [0.25, 0.3) is 0 Å². The molecule has 1 aliphatic heterocycles. The van der Waals surface area contributed by atoms with Crippen LogP contribution in [0.15, 0.2) is 24.3 Å². The van der Waals surface area contributed by atoms with Crippen LogP contribution in [0.1, 0.15) is 18.9 Å². The summed E-state index contributed by atoms with van der Waals surface area (Å²) in [5.74, 6) is 0.0817. The van der Waals surface area contributed by atoms with E-state index in [0.717, 1.165) is 25.1 Å². The van der Waals surface area contributed by atoms with Crippen molar-refractivity contribution < 1.29 is 23.0 Å². The summed E-state index contributed by atoms with van der Waals surface area (Å²) in [6.45, 7) is 1.44. The zero-order valence-corrected chi connectivity index (χ0v) is 12.4. The van der Waals surface area contributed by atoms with Crippen LogP contribution in [0.2, 0.25) is 0 Å². The maximum absolute atomic E-state index is 12.1. The van der Waals surface area contributed by atoms with Crippen LogP contribution in [0, 0.1) is 0 Å². The number of hydrogen-bond donors (Lipinski definition) is 1. The topological polar surface area (TPSA) is 50.8 Å². The first-order chi connectivity index (χ1) is 10.6. The summed E-state index contributed by atoms with van der Waals surface area (Å²) < 4.78 is 33.7. The zero-order chi connectivity index (χ0) is 15.9. The van der Waals surface area contributed by atoms with Crippen molar-refractivity contribution in [3.05, 3.63) is 29.8 Å². The molecule has 0 aromatic heterocycles. The van der Waals surface area contributed by atoms with Gasteiger partial charge >= 0.3 is 12.7 Å². The van der Waals surface area contributed by atoms with Crippen molar-refractivity contribution in [1.29, 1.82) is 0 Å². The van der Waals surface area contributed by atoms with E-state index >= 15 is 0 Å². The molecule has 0 radical (unpaired) electrons. The standard InChI is InChI=1S/C15H20F2N2O3/c1-2-12-9-18-7-8-19(12)15(20)21-10-11-3-5-13(6-4-11)22-14(16)17/h3-6,12,14,18H,2,7-10H2,1H3. The lowest BCUT2D eigenvalue weighted by Gasteiger charge is -2.34. The normalized spacial score (nSPS) is 18.4. The number of nitrogens with zero attached hydrogens (tertiary/aromatic N) is 1. The predicted octanol–water partition coefficient (Wildman–Crippen LogP) is 2.61. The number of carbonyl (C=O) groups excluding carboxylic acids is 1. The van der Waals surface area contributed by atoms with Crippen molar-refractivity contribution in [1.82, 2.24) is 10.2 Å². The highest BCUT2D eigenvalue weighted by atomic mass is 19.3. The number of rotatable bonds is 5. The third-order valence-corrected chi connectivity index (χ3v) is 3.57. The van der Waals surface area contributed by atoms with Gasteiger partial charge in [-0.1, -0.05) is 19.1 Å². The molecule has 1 aliphatic rings. The summed E-state index contributed by atoms with van der Waals surface area (Å²) in [4.78, 5) is 13.8. The van der Waals surface area contributed by atoms with E-state index in [9.17, 15) is 13.6 Å². The Hall–Kier alpha value is -1.89. The average molecular weight is 314 g/mol. The third kappa shape index (κ3) is 4.56. The Morgan fingerprint density at radius 3 is 2.77 bits per heavy atom. The lowest BCUT2D eigenvalue weighted by atomic mass is 10.1. The number of piperazine rings is 1. The maximum atomic E-state index is 12.1. The molecule has 0 spiro atoms. The van der Waals surface area contributed by atoms with Crippen LogP contribution in [-0.4, -0.2) is 43.3 Å². The highest BCUT2D eigenvalue weighted by Gasteiger charge is 2.26. The molecule has 1 saturated heterocycles. The number of amides is 1. The van der Waals surface area contributed by atoms with Crippen LogP contribution in [0.3, 0.4) is 0 Å². The zero-order valence-electron chi connectivity index (χ0n) is 12.4. The Kier molecular flexibility index (Phi) is 5.94. The Bertz CT molecular complexity index is 482. The van der Waals surface area contributed by atoms with Crippen molar-refractivity contribution in [2.24, 2.45) is 0 Å². The lowest BCUT2D eigenvalue weighted by molar-refractivity contribution is -0.0498. The fraction of sp³-hybridized carbons (Fsp3) is 0.533. The number of nitrogens with one attached hydrogen (secondary N) is 1. The minimum atomic E-state index is -2.85. The van der Waals surface area contributed by atoms with Gasteiger partial charge in [0.05, 0.1) is 0 Å². The van der Waals surface area contributed by atoms with E-state index in [1.54, 1.807) is 17.0 Å². The Morgan fingerprint density at radius 1 is 1.41 bits per heavy atom. The highest BCUT2D eigenvalue weighted by molar-refractivity contribution is 5.68. The SMILES string of the molecule is CCC1CNCCN1C(=O)OCc1ccc(OC(F)F)cc1. The van der Waals surface area contributed by atoms with Gasteiger partial charge in [0, 0.05) is 25.7 Å². The van der Waals surface area contributed by atoms with Crippen LogP contribution >= 0.6 is 0 Å². The van der Waals surface area contributed by atoms with Crippen LogP contribution < -0.4 is 10.1 Å². The monoisotopic (exact) mass is 314 g/mol. The minimum absolute atomic E-state index is 0.0817. The Labute approximate surface area is 128 Å². The molecule has 0 bridgehead atoms. The fourth-order valence-electron chi connectivity index (χ4n) is 2.36. The molecule has 1 atom stereocenters. The molecule has 1 N–H and O–H groups in total. The number of hydrogen-bond acceptors (Lipinski definition) is 4. The molecule has 1 heterocycles. The van der Waals surface area contributed by atoms with Crippen LogP contribution in [0.5, 0.6) is 5.75 Å². The summed E-state index contributed by atoms with van der Waals surface area (Å²) >= 11 is 0. The average Bonchev–Trinajstić information content (AvgIpc) is 2.53. The molecule has 1 unspecified atom stereocenters. The second kappa shape index (κ2) is 7.93. The fourth-order valence-corrected chi connectivity index (χ4v) is 2.36. The number of alkyl halides is 2. The summed E-state index contributed by atoms with van der Waals surface area (Å²) in [6, 6.07) is 6.19. The second-order valence-corrected chi connectivity index (χ2v) is 5.04. The number of carbonyl (C=O) groups is 1. The van der Waals surface area contributed by atoms with E-state index in [1.165, 1.54) is 12.1 Å². The first kappa shape index (κ1) is 16.5. The lowest BCUT2D eigenvalue weighted by Crippen LogP contribution is -2.53. The molecular formula is C15H20F2N2O3. The molecule has 122 valence electrons. The molecule has 1 fully saturated rings. The van der Waals surface area contributed by atoms with E-state index in [2.05, 4.69) is 10.1 Å². The van der Waals surface area contributed by atoms with Gasteiger partial charge in [-0.25, -0.2) is 4.79 Å².